The third-order valence-electron chi connectivity index (χ3n) is 4.38. The molecule has 1 aliphatic carbocycles. The number of nitrogens with one attached hydrogen (secondary N) is 2. The molecule has 1 saturated carbocycles. The highest BCUT2D eigenvalue weighted by Crippen LogP contribution is 2.30. The van der Waals surface area contributed by atoms with Crippen LogP contribution in [0.4, 0.5) is 5.69 Å². The topological polar surface area (TPSA) is 67.4 Å². The fourth-order valence-electron chi connectivity index (χ4n) is 2.77. The lowest BCUT2D eigenvalue weighted by Gasteiger charge is -2.12. The summed E-state index contributed by atoms with van der Waals surface area (Å²) in [5.41, 5.74) is 3.33. The molecule has 0 unspecified atom stereocenters. The zero-order valence-corrected chi connectivity index (χ0v) is 15.2. The van der Waals surface area contributed by atoms with Crippen molar-refractivity contribution < 1.29 is 14.3 Å². The molecule has 0 radical (unpaired) electrons. The Morgan fingerprint density at radius 1 is 1.08 bits per heavy atom. The fraction of sp³-hybridized carbons (Fsp3) is 0.333. The van der Waals surface area contributed by atoms with Crippen molar-refractivity contribution in [3.63, 3.8) is 0 Å². The van der Waals surface area contributed by atoms with Crippen molar-refractivity contribution in [2.75, 3.05) is 18.5 Å². The highest BCUT2D eigenvalue weighted by atomic mass is 16.5. The quantitative estimate of drug-likeness (QED) is 0.750. The monoisotopic (exact) mass is 352 g/mol. The molecule has 5 nitrogen and oxygen atoms in total. The summed E-state index contributed by atoms with van der Waals surface area (Å²) in [5.74, 6) is 0.850. The third kappa shape index (κ3) is 4.63. The summed E-state index contributed by atoms with van der Waals surface area (Å²) in [7, 11) is 0. The lowest BCUT2D eigenvalue weighted by atomic mass is 10.1. The molecule has 2 aromatic carbocycles. The molecule has 1 fully saturated rings. The van der Waals surface area contributed by atoms with Gasteiger partial charge in [0.2, 0.25) is 5.91 Å². The molecular formula is C21H24N2O3. The Hall–Kier alpha value is -2.82. The van der Waals surface area contributed by atoms with Crippen LogP contribution in [0.3, 0.4) is 0 Å². The van der Waals surface area contributed by atoms with Crippen LogP contribution >= 0.6 is 0 Å². The molecule has 5 heteroatoms. The van der Waals surface area contributed by atoms with E-state index in [1.165, 1.54) is 0 Å². The summed E-state index contributed by atoms with van der Waals surface area (Å²) in [6, 6.07) is 13.0. The van der Waals surface area contributed by atoms with Crippen LogP contribution in [0.5, 0.6) is 5.75 Å². The summed E-state index contributed by atoms with van der Waals surface area (Å²) >= 11 is 0. The van der Waals surface area contributed by atoms with Gasteiger partial charge in [0, 0.05) is 17.2 Å². The maximum absolute atomic E-state index is 12.3. The largest absolute Gasteiger partial charge is 0.491 e. The standard InChI is InChI=1S/C21H24N2O3/c1-14-5-3-6-15(2)19(14)26-12-11-22-20(24)17-7-4-8-18(13-17)23-21(25)16-9-10-16/h3-8,13,16H,9-12H2,1-2H3,(H,22,24)(H,23,25). The number of hydrogen-bond acceptors (Lipinski definition) is 3. The molecule has 0 saturated heterocycles. The normalized spacial score (nSPS) is 13.2. The van der Waals surface area contributed by atoms with E-state index in [0.717, 1.165) is 29.7 Å². The van der Waals surface area contributed by atoms with E-state index in [-0.39, 0.29) is 17.7 Å². The van der Waals surface area contributed by atoms with Gasteiger partial charge in [0.1, 0.15) is 12.4 Å². The average molecular weight is 352 g/mol. The summed E-state index contributed by atoms with van der Waals surface area (Å²) in [4.78, 5) is 24.1. The second-order valence-corrected chi connectivity index (χ2v) is 6.67. The third-order valence-corrected chi connectivity index (χ3v) is 4.38. The number of anilines is 1. The number of aryl methyl sites for hydroxylation is 2. The van der Waals surface area contributed by atoms with Gasteiger partial charge in [-0.3, -0.25) is 9.59 Å². The first-order chi connectivity index (χ1) is 12.5. The van der Waals surface area contributed by atoms with Crippen LogP contribution in [-0.2, 0) is 4.79 Å². The van der Waals surface area contributed by atoms with Gasteiger partial charge in [0.25, 0.3) is 5.91 Å². The first-order valence-electron chi connectivity index (χ1n) is 8.93. The van der Waals surface area contributed by atoms with Gasteiger partial charge in [0.05, 0.1) is 6.54 Å². The van der Waals surface area contributed by atoms with Crippen LogP contribution in [0.1, 0.15) is 34.3 Å². The van der Waals surface area contributed by atoms with Crippen LogP contribution < -0.4 is 15.4 Å². The van der Waals surface area contributed by atoms with E-state index in [1.54, 1.807) is 24.3 Å². The number of hydrogen-bond donors (Lipinski definition) is 2. The molecule has 0 heterocycles. The van der Waals surface area contributed by atoms with Crippen LogP contribution in [0.25, 0.3) is 0 Å². The Bertz CT molecular complexity index is 792. The molecule has 136 valence electrons. The number of para-hydroxylation sites is 1. The zero-order chi connectivity index (χ0) is 18.5. The molecule has 0 spiro atoms. The molecule has 2 amide bonds. The van der Waals surface area contributed by atoms with Crippen molar-refractivity contribution in [1.82, 2.24) is 5.32 Å². The van der Waals surface area contributed by atoms with Gasteiger partial charge in [0.15, 0.2) is 0 Å². The van der Waals surface area contributed by atoms with Crippen molar-refractivity contribution in [3.8, 4) is 5.75 Å². The predicted octanol–water partition coefficient (Wildman–Crippen LogP) is 3.46. The summed E-state index contributed by atoms with van der Waals surface area (Å²) < 4.78 is 5.79. The van der Waals surface area contributed by atoms with E-state index in [2.05, 4.69) is 10.6 Å². The minimum absolute atomic E-state index is 0.0320. The average Bonchev–Trinajstić information content (AvgIpc) is 3.46. The highest BCUT2D eigenvalue weighted by Gasteiger charge is 2.29. The summed E-state index contributed by atoms with van der Waals surface area (Å²) in [6.45, 7) is 4.81. The Morgan fingerprint density at radius 2 is 1.77 bits per heavy atom. The van der Waals surface area contributed by atoms with Gasteiger partial charge in [-0.1, -0.05) is 24.3 Å². The molecule has 0 bridgehead atoms. The Kier molecular flexibility index (Phi) is 5.56. The summed E-state index contributed by atoms with van der Waals surface area (Å²) in [6.07, 6.45) is 1.90. The van der Waals surface area contributed by atoms with Crippen molar-refractivity contribution in [1.29, 1.82) is 0 Å². The molecule has 2 aromatic rings. The first-order valence-corrected chi connectivity index (χ1v) is 8.93. The maximum Gasteiger partial charge on any atom is 0.251 e. The maximum atomic E-state index is 12.3. The molecule has 3 rings (SSSR count). The zero-order valence-electron chi connectivity index (χ0n) is 15.2. The van der Waals surface area contributed by atoms with Crippen molar-refractivity contribution in [2.45, 2.75) is 26.7 Å². The molecule has 2 N–H and O–H groups in total. The van der Waals surface area contributed by atoms with Gasteiger partial charge in [-0.2, -0.15) is 0 Å². The molecule has 0 aliphatic heterocycles. The number of carbonyl (C=O) groups excluding carboxylic acids is 2. The predicted molar refractivity (Wildman–Crippen MR) is 102 cm³/mol. The van der Waals surface area contributed by atoms with Crippen LogP contribution in [0.15, 0.2) is 42.5 Å². The van der Waals surface area contributed by atoms with E-state index >= 15 is 0 Å². The van der Waals surface area contributed by atoms with Gasteiger partial charge in [-0.05, 0) is 56.0 Å². The van der Waals surface area contributed by atoms with Gasteiger partial charge < -0.3 is 15.4 Å². The Morgan fingerprint density at radius 3 is 2.46 bits per heavy atom. The number of benzene rings is 2. The SMILES string of the molecule is Cc1cccc(C)c1OCCNC(=O)c1cccc(NC(=O)C2CC2)c1. The Balaban J connectivity index is 1.49. The van der Waals surface area contributed by atoms with Crippen molar-refractivity contribution >= 4 is 17.5 Å². The highest BCUT2D eigenvalue weighted by molar-refractivity contribution is 5.98. The van der Waals surface area contributed by atoms with E-state index in [9.17, 15) is 9.59 Å². The number of rotatable bonds is 7. The second-order valence-electron chi connectivity index (χ2n) is 6.67. The van der Waals surface area contributed by atoms with E-state index in [0.29, 0.717) is 24.4 Å². The van der Waals surface area contributed by atoms with E-state index in [1.807, 2.05) is 32.0 Å². The van der Waals surface area contributed by atoms with Crippen molar-refractivity contribution in [3.05, 3.63) is 59.2 Å². The number of ether oxygens (including phenoxy) is 1. The molecule has 0 atom stereocenters. The first kappa shape index (κ1) is 18.0. The van der Waals surface area contributed by atoms with Crippen LogP contribution in [-0.4, -0.2) is 25.0 Å². The second kappa shape index (κ2) is 8.04. The fourth-order valence-corrected chi connectivity index (χ4v) is 2.77. The van der Waals surface area contributed by atoms with E-state index in [4.69, 9.17) is 4.74 Å². The summed E-state index contributed by atoms with van der Waals surface area (Å²) in [5, 5.41) is 5.70. The number of amides is 2. The molecule has 1 aliphatic rings. The lowest BCUT2D eigenvalue weighted by Crippen LogP contribution is -2.28. The van der Waals surface area contributed by atoms with Crippen LogP contribution in [0.2, 0.25) is 0 Å². The van der Waals surface area contributed by atoms with Gasteiger partial charge in [-0.25, -0.2) is 0 Å². The smallest absolute Gasteiger partial charge is 0.251 e. The minimum Gasteiger partial charge on any atom is -0.491 e. The van der Waals surface area contributed by atoms with Gasteiger partial charge in [-0.15, -0.1) is 0 Å². The molecule has 26 heavy (non-hydrogen) atoms. The molecule has 0 aromatic heterocycles. The number of carbonyl (C=O) groups is 2. The molecular weight excluding hydrogens is 328 g/mol. The lowest BCUT2D eigenvalue weighted by molar-refractivity contribution is -0.117. The van der Waals surface area contributed by atoms with Crippen LogP contribution in [0, 0.1) is 19.8 Å². The Labute approximate surface area is 153 Å². The van der Waals surface area contributed by atoms with E-state index < -0.39 is 0 Å². The van der Waals surface area contributed by atoms with Crippen molar-refractivity contribution in [2.24, 2.45) is 5.92 Å². The minimum atomic E-state index is -0.183. The van der Waals surface area contributed by atoms with Gasteiger partial charge >= 0.3 is 0 Å².